The van der Waals surface area contributed by atoms with Crippen LogP contribution in [0.15, 0.2) is 6.08 Å². The number of aliphatic hydroxyl groups is 3. The van der Waals surface area contributed by atoms with Gasteiger partial charge in [0.15, 0.2) is 0 Å². The molecule has 0 spiro atoms. The molecule has 0 aromatic carbocycles. The first-order valence-electron chi connectivity index (χ1n) is 2.40. The van der Waals surface area contributed by atoms with Crippen molar-refractivity contribution in [3.63, 3.8) is 0 Å². The Kier molecular flexibility index (Phi) is 3.92. The zero-order valence-electron chi connectivity index (χ0n) is 4.69. The Labute approximate surface area is 52.1 Å². The molecule has 9 heavy (non-hydrogen) atoms. The van der Waals surface area contributed by atoms with Gasteiger partial charge in [-0.2, -0.15) is 0 Å². The van der Waals surface area contributed by atoms with E-state index in [1.54, 1.807) is 0 Å². The standard InChI is InChI=1S/C5H8O4/c6-2-1-4(8)5(9)3-7/h1,4-5,7-9H,3H2/t4-,5-/m1/s1. The molecule has 0 saturated carbocycles. The molecule has 0 unspecified atom stereocenters. The summed E-state index contributed by atoms with van der Waals surface area (Å²) in [5, 5.41) is 25.3. The van der Waals surface area contributed by atoms with Crippen molar-refractivity contribution in [2.24, 2.45) is 0 Å². The number of carbonyl (C=O) groups excluding carboxylic acids is 1. The van der Waals surface area contributed by atoms with Crippen LogP contribution >= 0.6 is 0 Å². The van der Waals surface area contributed by atoms with Gasteiger partial charge in [-0.3, -0.25) is 0 Å². The maximum absolute atomic E-state index is 9.50. The number of aliphatic hydroxyl groups excluding tert-OH is 3. The van der Waals surface area contributed by atoms with Crippen LogP contribution in [0, 0.1) is 0 Å². The summed E-state index contributed by atoms with van der Waals surface area (Å²) in [7, 11) is 0. The lowest BCUT2D eigenvalue weighted by Gasteiger charge is -2.08. The molecular weight excluding hydrogens is 124 g/mol. The van der Waals surface area contributed by atoms with Gasteiger partial charge in [-0.15, -0.1) is 0 Å². The van der Waals surface area contributed by atoms with Crippen molar-refractivity contribution >= 4 is 5.94 Å². The van der Waals surface area contributed by atoms with Crippen molar-refractivity contribution < 1.29 is 20.1 Å². The van der Waals surface area contributed by atoms with Crippen LogP contribution in [0.25, 0.3) is 0 Å². The Hall–Kier alpha value is -0.670. The van der Waals surface area contributed by atoms with E-state index in [0.29, 0.717) is 0 Å². The minimum atomic E-state index is -1.31. The highest BCUT2D eigenvalue weighted by Gasteiger charge is 2.10. The third kappa shape index (κ3) is 3.00. The van der Waals surface area contributed by atoms with Gasteiger partial charge < -0.3 is 15.3 Å². The van der Waals surface area contributed by atoms with Gasteiger partial charge in [0.25, 0.3) is 0 Å². The smallest absolute Gasteiger partial charge is 0.122 e. The SMILES string of the molecule is O=C=C[C@@H](O)[C@H](O)CO. The molecule has 4 heteroatoms. The number of hydrogen-bond acceptors (Lipinski definition) is 4. The topological polar surface area (TPSA) is 77.8 Å². The molecule has 0 aliphatic rings. The minimum absolute atomic E-state index is 0.570. The van der Waals surface area contributed by atoms with E-state index in [2.05, 4.69) is 0 Å². The minimum Gasteiger partial charge on any atom is -0.394 e. The third-order valence-electron chi connectivity index (χ3n) is 0.820. The first-order valence-corrected chi connectivity index (χ1v) is 2.40. The van der Waals surface area contributed by atoms with Crippen LogP contribution in [0.5, 0.6) is 0 Å². The van der Waals surface area contributed by atoms with Crippen LogP contribution in [0.2, 0.25) is 0 Å². The van der Waals surface area contributed by atoms with Crippen LogP contribution in [-0.2, 0) is 4.79 Å². The molecule has 0 saturated heterocycles. The van der Waals surface area contributed by atoms with Gasteiger partial charge in [0.1, 0.15) is 18.1 Å². The van der Waals surface area contributed by atoms with E-state index >= 15 is 0 Å². The second-order valence-corrected chi connectivity index (χ2v) is 1.53. The molecule has 0 aromatic rings. The summed E-state index contributed by atoms with van der Waals surface area (Å²) in [6.07, 6.45) is -1.86. The van der Waals surface area contributed by atoms with Gasteiger partial charge in [-0.05, 0) is 0 Å². The van der Waals surface area contributed by atoms with Crippen LogP contribution in [0.4, 0.5) is 0 Å². The van der Waals surface area contributed by atoms with Crippen molar-refractivity contribution in [1.82, 2.24) is 0 Å². The van der Waals surface area contributed by atoms with Crippen molar-refractivity contribution in [2.45, 2.75) is 12.2 Å². The lowest BCUT2D eigenvalue weighted by Crippen LogP contribution is -2.27. The van der Waals surface area contributed by atoms with Gasteiger partial charge in [0.05, 0.1) is 6.61 Å². The average molecular weight is 132 g/mol. The zero-order chi connectivity index (χ0) is 7.28. The fourth-order valence-corrected chi connectivity index (χ4v) is 0.289. The largest absolute Gasteiger partial charge is 0.394 e. The second-order valence-electron chi connectivity index (χ2n) is 1.53. The highest BCUT2D eigenvalue weighted by atomic mass is 16.4. The van der Waals surface area contributed by atoms with Crippen molar-refractivity contribution in [1.29, 1.82) is 0 Å². The molecule has 0 aliphatic carbocycles. The predicted octanol–water partition coefficient (Wildman–Crippen LogP) is -1.91. The van der Waals surface area contributed by atoms with Crippen LogP contribution in [0.3, 0.4) is 0 Å². The molecule has 0 aliphatic heterocycles. The molecule has 0 aromatic heterocycles. The molecule has 0 heterocycles. The molecule has 0 fully saturated rings. The summed E-state index contributed by atoms with van der Waals surface area (Å²) in [5.41, 5.74) is 0. The molecule has 52 valence electrons. The second kappa shape index (κ2) is 4.23. The number of rotatable bonds is 3. The molecule has 2 atom stereocenters. The van der Waals surface area contributed by atoms with E-state index in [-0.39, 0.29) is 0 Å². The normalized spacial score (nSPS) is 15.9. The molecule has 4 nitrogen and oxygen atoms in total. The van der Waals surface area contributed by atoms with E-state index in [9.17, 15) is 4.79 Å². The lowest BCUT2D eigenvalue weighted by atomic mass is 10.2. The van der Waals surface area contributed by atoms with Gasteiger partial charge in [-0.25, -0.2) is 4.79 Å². The van der Waals surface area contributed by atoms with E-state index in [4.69, 9.17) is 15.3 Å². The van der Waals surface area contributed by atoms with Crippen LogP contribution < -0.4 is 0 Å². The Morgan fingerprint density at radius 1 is 1.56 bits per heavy atom. The van der Waals surface area contributed by atoms with Gasteiger partial charge in [-0.1, -0.05) is 0 Å². The molecular formula is C5H8O4. The zero-order valence-corrected chi connectivity index (χ0v) is 4.69. The third-order valence-corrected chi connectivity index (χ3v) is 0.820. The Balaban J connectivity index is 3.71. The van der Waals surface area contributed by atoms with E-state index in [1.165, 1.54) is 5.94 Å². The van der Waals surface area contributed by atoms with Gasteiger partial charge >= 0.3 is 0 Å². The van der Waals surface area contributed by atoms with E-state index < -0.39 is 18.8 Å². The maximum atomic E-state index is 9.50. The lowest BCUT2D eigenvalue weighted by molar-refractivity contribution is 0.00993. The quantitative estimate of drug-likeness (QED) is 0.391. The highest BCUT2D eigenvalue weighted by molar-refractivity contribution is 5.46. The molecule has 0 amide bonds. The van der Waals surface area contributed by atoms with Crippen LogP contribution in [-0.4, -0.2) is 40.1 Å². The van der Waals surface area contributed by atoms with E-state index in [0.717, 1.165) is 6.08 Å². The summed E-state index contributed by atoms with van der Waals surface area (Å²) >= 11 is 0. The summed E-state index contributed by atoms with van der Waals surface area (Å²) in [4.78, 5) is 9.50. The molecule has 0 radical (unpaired) electrons. The molecule has 0 rings (SSSR count). The van der Waals surface area contributed by atoms with Gasteiger partial charge in [0.2, 0.25) is 0 Å². The van der Waals surface area contributed by atoms with Crippen LogP contribution in [0.1, 0.15) is 0 Å². The fraction of sp³-hybridized carbons (Fsp3) is 0.600. The summed E-state index contributed by atoms with van der Waals surface area (Å²) < 4.78 is 0. The van der Waals surface area contributed by atoms with Gasteiger partial charge in [0, 0.05) is 6.08 Å². The Morgan fingerprint density at radius 3 is 2.44 bits per heavy atom. The fourth-order valence-electron chi connectivity index (χ4n) is 0.289. The summed E-state index contributed by atoms with van der Waals surface area (Å²) in [6, 6.07) is 0. The monoisotopic (exact) mass is 132 g/mol. The first-order chi connectivity index (χ1) is 4.22. The average Bonchev–Trinajstić information content (AvgIpc) is 1.87. The Morgan fingerprint density at radius 2 is 2.11 bits per heavy atom. The van der Waals surface area contributed by atoms with Crippen molar-refractivity contribution in [3.8, 4) is 0 Å². The molecule has 3 N–H and O–H groups in total. The maximum Gasteiger partial charge on any atom is 0.122 e. The summed E-state index contributed by atoms with van der Waals surface area (Å²) in [6.45, 7) is -0.570. The summed E-state index contributed by atoms with van der Waals surface area (Å²) in [5.74, 6) is 1.29. The van der Waals surface area contributed by atoms with Crippen molar-refractivity contribution in [3.05, 3.63) is 6.08 Å². The Bertz CT molecular complexity index is 116. The highest BCUT2D eigenvalue weighted by Crippen LogP contribution is 1.90. The predicted molar refractivity (Wildman–Crippen MR) is 29.4 cm³/mol. The van der Waals surface area contributed by atoms with Crippen molar-refractivity contribution in [2.75, 3.05) is 6.61 Å². The first kappa shape index (κ1) is 8.33. The molecule has 0 bridgehead atoms. The number of hydrogen-bond donors (Lipinski definition) is 3. The van der Waals surface area contributed by atoms with E-state index in [1.807, 2.05) is 0 Å².